The van der Waals surface area contributed by atoms with Crippen molar-refractivity contribution >= 4 is 17.7 Å². The molecule has 1 heterocycles. The van der Waals surface area contributed by atoms with Gasteiger partial charge in [-0.3, -0.25) is 19.2 Å². The third-order valence-electron chi connectivity index (χ3n) is 1.55. The van der Waals surface area contributed by atoms with Crippen LogP contribution in [-0.4, -0.2) is 33.7 Å². The molecule has 0 spiro atoms. The van der Waals surface area contributed by atoms with Gasteiger partial charge in [0.1, 0.15) is 0 Å². The molecule has 1 aromatic rings. The number of carbonyl (C=O) groups is 3. The van der Waals surface area contributed by atoms with Crippen LogP contribution >= 0.6 is 0 Å². The number of H-pyrrole nitrogens is 1. The first-order valence-corrected chi connectivity index (χ1v) is 4.45. The number of primary amides is 3. The maximum Gasteiger partial charge on any atom is 0.279 e. The van der Waals surface area contributed by atoms with Crippen molar-refractivity contribution in [2.75, 3.05) is 0 Å². The van der Waals surface area contributed by atoms with E-state index in [0.717, 1.165) is 0 Å². The smallest absolute Gasteiger partial charge is 0.279 e. The molecular weight excluding hydrogens is 244 g/mol. The SMILES string of the molecule is NC(=O)C(N)C(N)=O.NC(=O)c1ncc[nH]c1=O. The molecule has 10 heteroatoms. The molecule has 9 N–H and O–H groups in total. The summed E-state index contributed by atoms with van der Waals surface area (Å²) in [6, 6.07) is -1.35. The molecular formula is C8H12N6O4. The van der Waals surface area contributed by atoms with Crippen molar-refractivity contribution in [3.8, 4) is 0 Å². The molecule has 0 aliphatic rings. The molecule has 3 amide bonds. The first-order valence-electron chi connectivity index (χ1n) is 4.45. The van der Waals surface area contributed by atoms with Gasteiger partial charge in [-0.2, -0.15) is 0 Å². The normalized spacial score (nSPS) is 9.22. The van der Waals surface area contributed by atoms with Crippen LogP contribution in [0.3, 0.4) is 0 Å². The number of nitrogens with two attached hydrogens (primary N) is 4. The lowest BCUT2D eigenvalue weighted by molar-refractivity contribution is -0.127. The largest absolute Gasteiger partial charge is 0.368 e. The minimum atomic E-state index is -1.35. The van der Waals surface area contributed by atoms with Crippen LogP contribution in [0, 0.1) is 0 Å². The van der Waals surface area contributed by atoms with E-state index in [1.165, 1.54) is 12.4 Å². The van der Waals surface area contributed by atoms with E-state index in [4.69, 9.17) is 11.5 Å². The van der Waals surface area contributed by atoms with Gasteiger partial charge in [0.25, 0.3) is 11.5 Å². The summed E-state index contributed by atoms with van der Waals surface area (Å²) in [6.45, 7) is 0. The van der Waals surface area contributed by atoms with Crippen molar-refractivity contribution in [1.29, 1.82) is 0 Å². The third-order valence-corrected chi connectivity index (χ3v) is 1.55. The minimum absolute atomic E-state index is 0.262. The van der Waals surface area contributed by atoms with Gasteiger partial charge in [0, 0.05) is 12.4 Å². The lowest BCUT2D eigenvalue weighted by Gasteiger charge is -1.97. The van der Waals surface area contributed by atoms with E-state index in [1.807, 2.05) is 0 Å². The second kappa shape index (κ2) is 6.75. The van der Waals surface area contributed by atoms with E-state index in [2.05, 4.69) is 21.4 Å². The van der Waals surface area contributed by atoms with Crippen LogP contribution in [0.5, 0.6) is 0 Å². The highest BCUT2D eigenvalue weighted by atomic mass is 16.2. The van der Waals surface area contributed by atoms with E-state index in [9.17, 15) is 19.2 Å². The van der Waals surface area contributed by atoms with Gasteiger partial charge in [-0.25, -0.2) is 4.98 Å². The van der Waals surface area contributed by atoms with E-state index in [1.54, 1.807) is 0 Å². The average Bonchev–Trinajstić information content (AvgIpc) is 2.28. The number of hydrogen-bond donors (Lipinski definition) is 5. The Morgan fingerprint density at radius 3 is 1.89 bits per heavy atom. The first-order chi connectivity index (χ1) is 8.27. The van der Waals surface area contributed by atoms with E-state index < -0.39 is 29.3 Å². The van der Waals surface area contributed by atoms with Crippen LogP contribution in [0.2, 0.25) is 0 Å². The Kier molecular flexibility index (Phi) is 5.72. The number of aromatic amines is 1. The van der Waals surface area contributed by atoms with Crippen LogP contribution in [-0.2, 0) is 9.59 Å². The second-order valence-electron chi connectivity index (χ2n) is 2.91. The van der Waals surface area contributed by atoms with Crippen molar-refractivity contribution < 1.29 is 14.4 Å². The highest BCUT2D eigenvalue weighted by molar-refractivity contribution is 6.02. The number of aromatic nitrogens is 2. The summed E-state index contributed by atoms with van der Waals surface area (Å²) >= 11 is 0. The number of carbonyl (C=O) groups excluding carboxylic acids is 3. The van der Waals surface area contributed by atoms with E-state index in [0.29, 0.717) is 0 Å². The molecule has 0 atom stereocenters. The zero-order chi connectivity index (χ0) is 14.3. The first kappa shape index (κ1) is 15.2. The fraction of sp³-hybridized carbons (Fsp3) is 0.125. The molecule has 1 rings (SSSR count). The minimum Gasteiger partial charge on any atom is -0.368 e. The lowest BCUT2D eigenvalue weighted by atomic mass is 10.3. The molecule has 1 aromatic heterocycles. The fourth-order valence-electron chi connectivity index (χ4n) is 0.667. The number of amides is 3. The molecule has 0 radical (unpaired) electrons. The van der Waals surface area contributed by atoms with Gasteiger partial charge in [0.05, 0.1) is 0 Å². The van der Waals surface area contributed by atoms with Crippen LogP contribution in [0.25, 0.3) is 0 Å². The number of hydrogen-bond acceptors (Lipinski definition) is 6. The molecule has 0 fully saturated rings. The standard InChI is InChI=1S/C5H5N3O2.C3H7N3O2/c6-4(9)3-5(10)8-2-1-7-3;4-1(2(5)7)3(6)8/h1-2H,(H2,6,9)(H,8,10);1H,4H2,(H2,5,7)(H2,6,8). The van der Waals surface area contributed by atoms with E-state index in [-0.39, 0.29) is 5.69 Å². The van der Waals surface area contributed by atoms with Gasteiger partial charge in [-0.15, -0.1) is 0 Å². The Hall–Kier alpha value is -2.75. The summed E-state index contributed by atoms with van der Waals surface area (Å²) in [5.41, 5.74) is 17.9. The van der Waals surface area contributed by atoms with Crippen molar-refractivity contribution in [3.63, 3.8) is 0 Å². The number of rotatable bonds is 3. The number of nitrogens with zero attached hydrogens (tertiary/aromatic N) is 1. The summed E-state index contributed by atoms with van der Waals surface area (Å²) in [4.78, 5) is 46.6. The predicted octanol–water partition coefficient (Wildman–Crippen LogP) is -3.85. The topological polar surface area (TPSA) is 201 Å². The van der Waals surface area contributed by atoms with Gasteiger partial charge >= 0.3 is 0 Å². The fourth-order valence-corrected chi connectivity index (χ4v) is 0.667. The third kappa shape index (κ3) is 4.85. The highest BCUT2D eigenvalue weighted by Crippen LogP contribution is 1.77. The summed E-state index contributed by atoms with van der Waals surface area (Å²) in [7, 11) is 0. The lowest BCUT2D eigenvalue weighted by Crippen LogP contribution is -2.46. The van der Waals surface area contributed by atoms with Crippen LogP contribution in [0.4, 0.5) is 0 Å². The molecule has 98 valence electrons. The molecule has 10 nitrogen and oxygen atoms in total. The Morgan fingerprint density at radius 2 is 1.67 bits per heavy atom. The molecule has 0 saturated carbocycles. The van der Waals surface area contributed by atoms with E-state index >= 15 is 0 Å². The highest BCUT2D eigenvalue weighted by Gasteiger charge is 2.14. The maximum atomic E-state index is 10.6. The Morgan fingerprint density at radius 1 is 1.17 bits per heavy atom. The Balaban J connectivity index is 0.000000331. The predicted molar refractivity (Wildman–Crippen MR) is 59.7 cm³/mol. The van der Waals surface area contributed by atoms with Gasteiger partial charge in [0.15, 0.2) is 11.7 Å². The average molecular weight is 256 g/mol. The molecule has 0 aliphatic heterocycles. The van der Waals surface area contributed by atoms with Gasteiger partial charge in [0.2, 0.25) is 11.8 Å². The summed E-state index contributed by atoms with van der Waals surface area (Å²) in [6.07, 6.45) is 2.62. The maximum absolute atomic E-state index is 10.6. The summed E-state index contributed by atoms with van der Waals surface area (Å²) in [5.74, 6) is -2.63. The molecule has 0 unspecified atom stereocenters. The molecule has 0 bridgehead atoms. The Labute approximate surface area is 100 Å². The van der Waals surface area contributed by atoms with Gasteiger partial charge in [-0.1, -0.05) is 0 Å². The van der Waals surface area contributed by atoms with Crippen molar-refractivity contribution in [1.82, 2.24) is 9.97 Å². The van der Waals surface area contributed by atoms with Crippen molar-refractivity contribution in [2.45, 2.75) is 6.04 Å². The molecule has 18 heavy (non-hydrogen) atoms. The van der Waals surface area contributed by atoms with Crippen molar-refractivity contribution in [2.24, 2.45) is 22.9 Å². The summed E-state index contributed by atoms with van der Waals surface area (Å²) in [5, 5.41) is 0. The zero-order valence-electron chi connectivity index (χ0n) is 9.12. The van der Waals surface area contributed by atoms with Crippen LogP contribution < -0.4 is 28.5 Å². The van der Waals surface area contributed by atoms with Crippen LogP contribution in [0.15, 0.2) is 17.2 Å². The molecule has 0 aromatic carbocycles. The van der Waals surface area contributed by atoms with Gasteiger partial charge in [-0.05, 0) is 0 Å². The van der Waals surface area contributed by atoms with Gasteiger partial charge < -0.3 is 27.9 Å². The molecule has 0 aliphatic carbocycles. The second-order valence-corrected chi connectivity index (χ2v) is 2.91. The summed E-state index contributed by atoms with van der Waals surface area (Å²) < 4.78 is 0. The number of nitrogens with one attached hydrogen (secondary N) is 1. The van der Waals surface area contributed by atoms with Crippen molar-refractivity contribution in [3.05, 3.63) is 28.4 Å². The van der Waals surface area contributed by atoms with Crippen LogP contribution in [0.1, 0.15) is 10.5 Å². The Bertz CT molecular complexity index is 496. The monoisotopic (exact) mass is 256 g/mol. The quantitative estimate of drug-likeness (QED) is 0.342. The zero-order valence-corrected chi connectivity index (χ0v) is 9.12. The molecule has 0 saturated heterocycles.